The van der Waals surface area contributed by atoms with Crippen molar-refractivity contribution in [1.82, 2.24) is 5.32 Å². The van der Waals surface area contributed by atoms with E-state index in [1.807, 2.05) is 12.1 Å². The number of carbonyl (C=O) groups excluding carboxylic acids is 1. The van der Waals surface area contributed by atoms with Crippen molar-refractivity contribution in [3.8, 4) is 5.75 Å². The number of nitrogens with one attached hydrogen (secondary N) is 1. The number of rotatable bonds is 8. The van der Waals surface area contributed by atoms with Crippen LogP contribution in [0.3, 0.4) is 0 Å². The van der Waals surface area contributed by atoms with Gasteiger partial charge in [-0.3, -0.25) is 4.79 Å². The lowest BCUT2D eigenvalue weighted by Gasteiger charge is -2.25. The van der Waals surface area contributed by atoms with Gasteiger partial charge in [0.25, 0.3) is 5.91 Å². The Balaban J connectivity index is 1.74. The first-order chi connectivity index (χ1) is 12.3. The molecule has 0 atom stereocenters. The van der Waals surface area contributed by atoms with Crippen molar-refractivity contribution in [2.75, 3.05) is 12.3 Å². The Labute approximate surface area is 173 Å². The van der Waals surface area contributed by atoms with E-state index in [2.05, 4.69) is 5.32 Å². The third kappa shape index (κ3) is 6.58. The molecule has 26 heavy (non-hydrogen) atoms. The van der Waals surface area contributed by atoms with E-state index in [1.54, 1.807) is 55.9 Å². The van der Waals surface area contributed by atoms with Crippen LogP contribution in [0.2, 0.25) is 15.1 Å². The van der Waals surface area contributed by atoms with Crippen molar-refractivity contribution in [1.29, 1.82) is 0 Å². The molecule has 1 N–H and O–H groups in total. The highest BCUT2D eigenvalue weighted by molar-refractivity contribution is 7.98. The molecule has 0 bridgehead atoms. The van der Waals surface area contributed by atoms with Crippen LogP contribution in [0.1, 0.15) is 19.4 Å². The highest BCUT2D eigenvalue weighted by Crippen LogP contribution is 2.24. The molecule has 2 aromatic carbocycles. The Morgan fingerprint density at radius 1 is 1.08 bits per heavy atom. The molecule has 0 saturated carbocycles. The van der Waals surface area contributed by atoms with Gasteiger partial charge in [0, 0.05) is 33.1 Å². The van der Waals surface area contributed by atoms with E-state index >= 15 is 0 Å². The molecule has 0 radical (unpaired) electrons. The molecule has 0 aliphatic carbocycles. The average molecular weight is 433 g/mol. The SMILES string of the molecule is CC(C)(Oc1ccc(Cl)cc1)C(=O)NCCSCc1ccc(Cl)cc1Cl. The Morgan fingerprint density at radius 3 is 2.38 bits per heavy atom. The van der Waals surface area contributed by atoms with Gasteiger partial charge in [0.15, 0.2) is 5.60 Å². The maximum Gasteiger partial charge on any atom is 0.263 e. The van der Waals surface area contributed by atoms with Gasteiger partial charge in [0.2, 0.25) is 0 Å². The van der Waals surface area contributed by atoms with Gasteiger partial charge in [-0.2, -0.15) is 11.8 Å². The van der Waals surface area contributed by atoms with Gasteiger partial charge in [0.05, 0.1) is 0 Å². The molecule has 0 saturated heterocycles. The van der Waals surface area contributed by atoms with Crippen LogP contribution in [0.5, 0.6) is 5.75 Å². The first-order valence-electron chi connectivity index (χ1n) is 8.02. The van der Waals surface area contributed by atoms with Gasteiger partial charge in [0.1, 0.15) is 5.75 Å². The van der Waals surface area contributed by atoms with Crippen molar-refractivity contribution in [2.45, 2.75) is 25.2 Å². The Morgan fingerprint density at radius 2 is 1.73 bits per heavy atom. The number of carbonyl (C=O) groups is 1. The molecule has 0 aliphatic rings. The van der Waals surface area contributed by atoms with E-state index in [1.165, 1.54) is 0 Å². The molecular formula is C19H20Cl3NO2S. The molecule has 3 nitrogen and oxygen atoms in total. The summed E-state index contributed by atoms with van der Waals surface area (Å²) in [4.78, 5) is 12.4. The summed E-state index contributed by atoms with van der Waals surface area (Å²) < 4.78 is 5.76. The third-order valence-electron chi connectivity index (χ3n) is 3.54. The number of ether oxygens (including phenoxy) is 1. The molecule has 0 unspecified atom stereocenters. The molecule has 140 valence electrons. The lowest BCUT2D eigenvalue weighted by molar-refractivity contribution is -0.134. The summed E-state index contributed by atoms with van der Waals surface area (Å²) in [6.45, 7) is 4.01. The van der Waals surface area contributed by atoms with Gasteiger partial charge in [-0.15, -0.1) is 0 Å². The molecule has 2 aromatic rings. The maximum atomic E-state index is 12.4. The molecule has 2 rings (SSSR count). The zero-order valence-electron chi connectivity index (χ0n) is 14.5. The van der Waals surface area contributed by atoms with Crippen molar-refractivity contribution < 1.29 is 9.53 Å². The second kappa shape index (κ2) is 9.75. The first-order valence-corrected chi connectivity index (χ1v) is 10.3. The smallest absolute Gasteiger partial charge is 0.263 e. The Bertz CT molecular complexity index is 751. The summed E-state index contributed by atoms with van der Waals surface area (Å²) in [5.41, 5.74) is 0.0524. The minimum atomic E-state index is -0.974. The monoisotopic (exact) mass is 431 g/mol. The predicted octanol–water partition coefficient (Wildman–Crippen LogP) is 5.85. The van der Waals surface area contributed by atoms with E-state index in [9.17, 15) is 4.79 Å². The molecule has 0 spiro atoms. The molecule has 1 amide bonds. The summed E-state index contributed by atoms with van der Waals surface area (Å²) in [7, 11) is 0. The number of amides is 1. The van der Waals surface area contributed by atoms with Crippen LogP contribution in [0.4, 0.5) is 0 Å². The van der Waals surface area contributed by atoms with Gasteiger partial charge < -0.3 is 10.1 Å². The normalized spacial score (nSPS) is 11.3. The predicted molar refractivity (Wildman–Crippen MR) is 112 cm³/mol. The largest absolute Gasteiger partial charge is 0.478 e. The molecule has 0 aliphatic heterocycles. The summed E-state index contributed by atoms with van der Waals surface area (Å²) in [5, 5.41) is 4.81. The van der Waals surface area contributed by atoms with Crippen LogP contribution >= 0.6 is 46.6 Å². The van der Waals surface area contributed by atoms with Crippen molar-refractivity contribution in [3.63, 3.8) is 0 Å². The second-order valence-corrected chi connectivity index (χ2v) is 8.50. The molecule has 0 heterocycles. The molecule has 0 aromatic heterocycles. The number of hydrogen-bond donors (Lipinski definition) is 1. The fourth-order valence-electron chi connectivity index (χ4n) is 2.11. The number of hydrogen-bond acceptors (Lipinski definition) is 3. The second-order valence-electron chi connectivity index (χ2n) is 6.11. The Hall–Kier alpha value is -1.07. The maximum absolute atomic E-state index is 12.4. The standard InChI is InChI=1S/C19H20Cl3NO2S/c1-19(2,25-16-7-5-14(20)6-8-16)18(24)23-9-10-26-12-13-3-4-15(21)11-17(13)22/h3-8,11H,9-10,12H2,1-2H3,(H,23,24). The van der Waals surface area contributed by atoms with E-state index in [-0.39, 0.29) is 5.91 Å². The van der Waals surface area contributed by atoms with Crippen LogP contribution in [-0.2, 0) is 10.5 Å². The van der Waals surface area contributed by atoms with Gasteiger partial charge in [-0.1, -0.05) is 40.9 Å². The van der Waals surface area contributed by atoms with Gasteiger partial charge in [-0.05, 0) is 55.8 Å². The summed E-state index contributed by atoms with van der Waals surface area (Å²) in [6, 6.07) is 12.4. The Kier molecular flexibility index (Phi) is 7.96. The zero-order chi connectivity index (χ0) is 19.2. The van der Waals surface area contributed by atoms with Crippen LogP contribution in [0.25, 0.3) is 0 Å². The highest BCUT2D eigenvalue weighted by Gasteiger charge is 2.29. The minimum absolute atomic E-state index is 0.169. The minimum Gasteiger partial charge on any atom is -0.478 e. The first kappa shape index (κ1) is 21.2. The number of benzene rings is 2. The van der Waals surface area contributed by atoms with E-state index < -0.39 is 5.60 Å². The van der Waals surface area contributed by atoms with Crippen molar-refractivity contribution in [2.24, 2.45) is 0 Å². The van der Waals surface area contributed by atoms with Gasteiger partial charge in [-0.25, -0.2) is 0 Å². The lowest BCUT2D eigenvalue weighted by atomic mass is 10.1. The van der Waals surface area contributed by atoms with Crippen LogP contribution in [0, 0.1) is 0 Å². The van der Waals surface area contributed by atoms with E-state index in [4.69, 9.17) is 39.5 Å². The number of halogens is 3. The zero-order valence-corrected chi connectivity index (χ0v) is 17.6. The summed E-state index contributed by atoms with van der Waals surface area (Å²) in [6.07, 6.45) is 0. The van der Waals surface area contributed by atoms with E-state index in [0.717, 1.165) is 17.1 Å². The molecule has 0 fully saturated rings. The van der Waals surface area contributed by atoms with Crippen molar-refractivity contribution >= 4 is 52.5 Å². The fraction of sp³-hybridized carbons (Fsp3) is 0.316. The average Bonchev–Trinajstić information content (AvgIpc) is 2.58. The quantitative estimate of drug-likeness (QED) is 0.531. The summed E-state index contributed by atoms with van der Waals surface area (Å²) >= 11 is 19.6. The van der Waals surface area contributed by atoms with Crippen LogP contribution in [-0.4, -0.2) is 23.8 Å². The number of thioether (sulfide) groups is 1. The molecule has 7 heteroatoms. The lowest BCUT2D eigenvalue weighted by Crippen LogP contribution is -2.47. The van der Waals surface area contributed by atoms with Crippen molar-refractivity contribution in [3.05, 3.63) is 63.1 Å². The van der Waals surface area contributed by atoms with Crippen LogP contribution in [0.15, 0.2) is 42.5 Å². The van der Waals surface area contributed by atoms with Gasteiger partial charge >= 0.3 is 0 Å². The van der Waals surface area contributed by atoms with Crippen LogP contribution < -0.4 is 10.1 Å². The highest BCUT2D eigenvalue weighted by atomic mass is 35.5. The van der Waals surface area contributed by atoms with E-state index in [0.29, 0.717) is 27.4 Å². The fourth-order valence-corrected chi connectivity index (χ4v) is 3.66. The molecular weight excluding hydrogens is 413 g/mol. The topological polar surface area (TPSA) is 38.3 Å². The summed E-state index contributed by atoms with van der Waals surface area (Å²) in [5.74, 6) is 1.96. The third-order valence-corrected chi connectivity index (χ3v) is 5.38.